The van der Waals surface area contributed by atoms with E-state index in [2.05, 4.69) is 11.2 Å². The maximum absolute atomic E-state index is 11.6. The minimum Gasteiger partial charge on any atom is -0.341 e. The highest BCUT2D eigenvalue weighted by molar-refractivity contribution is 5.97. The Balaban J connectivity index is 2.83. The van der Waals surface area contributed by atoms with Crippen LogP contribution in [0.3, 0.4) is 0 Å². The van der Waals surface area contributed by atoms with Crippen molar-refractivity contribution in [1.82, 2.24) is 10.2 Å². The van der Waals surface area contributed by atoms with Crippen molar-refractivity contribution >= 4 is 11.8 Å². The van der Waals surface area contributed by atoms with Gasteiger partial charge in [-0.25, -0.2) is 0 Å². The SMILES string of the molecule is C#CCN1CC(=O)NC(C)(C)C1=O. The zero-order valence-electron chi connectivity index (χ0n) is 7.76. The molecule has 0 aliphatic carbocycles. The average molecular weight is 180 g/mol. The molecule has 1 rings (SSSR count). The second-order valence-electron chi connectivity index (χ2n) is 3.54. The van der Waals surface area contributed by atoms with Gasteiger partial charge in [-0.3, -0.25) is 9.59 Å². The number of nitrogens with one attached hydrogen (secondary N) is 1. The van der Waals surface area contributed by atoms with E-state index < -0.39 is 5.54 Å². The molecule has 1 fully saturated rings. The summed E-state index contributed by atoms with van der Waals surface area (Å²) in [5, 5.41) is 2.60. The van der Waals surface area contributed by atoms with Crippen molar-refractivity contribution in [3.63, 3.8) is 0 Å². The molecule has 4 nitrogen and oxygen atoms in total. The molecule has 0 saturated carbocycles. The fourth-order valence-corrected chi connectivity index (χ4v) is 1.32. The molecule has 1 aliphatic heterocycles. The van der Waals surface area contributed by atoms with Crippen molar-refractivity contribution in [3.05, 3.63) is 0 Å². The van der Waals surface area contributed by atoms with E-state index in [4.69, 9.17) is 6.42 Å². The zero-order chi connectivity index (χ0) is 10.1. The maximum Gasteiger partial charge on any atom is 0.249 e. The third-order valence-electron chi connectivity index (χ3n) is 1.89. The van der Waals surface area contributed by atoms with Crippen LogP contribution in [0, 0.1) is 12.3 Å². The van der Waals surface area contributed by atoms with E-state index in [9.17, 15) is 9.59 Å². The lowest BCUT2D eigenvalue weighted by Gasteiger charge is -2.36. The van der Waals surface area contributed by atoms with E-state index in [-0.39, 0.29) is 24.9 Å². The Morgan fingerprint density at radius 3 is 2.77 bits per heavy atom. The third kappa shape index (κ3) is 1.81. The highest BCUT2D eigenvalue weighted by Gasteiger charge is 2.38. The molecule has 1 heterocycles. The van der Waals surface area contributed by atoms with E-state index in [1.807, 2.05) is 0 Å². The van der Waals surface area contributed by atoms with E-state index in [0.717, 1.165) is 0 Å². The Hall–Kier alpha value is -1.50. The van der Waals surface area contributed by atoms with Crippen LogP contribution in [-0.2, 0) is 9.59 Å². The van der Waals surface area contributed by atoms with Gasteiger partial charge in [-0.2, -0.15) is 0 Å². The normalized spacial score (nSPS) is 20.8. The van der Waals surface area contributed by atoms with Gasteiger partial charge < -0.3 is 10.2 Å². The zero-order valence-corrected chi connectivity index (χ0v) is 7.76. The van der Waals surface area contributed by atoms with Crippen LogP contribution < -0.4 is 5.32 Å². The average Bonchev–Trinajstić information content (AvgIpc) is 1.99. The molecule has 0 bridgehead atoms. The first kappa shape index (κ1) is 9.59. The van der Waals surface area contributed by atoms with Gasteiger partial charge in [-0.05, 0) is 13.8 Å². The molecular weight excluding hydrogens is 168 g/mol. The maximum atomic E-state index is 11.6. The minimum atomic E-state index is -0.827. The van der Waals surface area contributed by atoms with Gasteiger partial charge in [0.25, 0.3) is 0 Å². The molecule has 0 atom stereocenters. The van der Waals surface area contributed by atoms with Gasteiger partial charge in [0, 0.05) is 0 Å². The van der Waals surface area contributed by atoms with Crippen molar-refractivity contribution in [2.45, 2.75) is 19.4 Å². The van der Waals surface area contributed by atoms with Crippen LogP contribution >= 0.6 is 0 Å². The Morgan fingerprint density at radius 2 is 2.23 bits per heavy atom. The summed E-state index contributed by atoms with van der Waals surface area (Å²) in [7, 11) is 0. The first-order chi connectivity index (χ1) is 5.97. The summed E-state index contributed by atoms with van der Waals surface area (Å²) in [5.41, 5.74) is -0.827. The van der Waals surface area contributed by atoms with Crippen molar-refractivity contribution < 1.29 is 9.59 Å². The van der Waals surface area contributed by atoms with Crippen molar-refractivity contribution in [2.24, 2.45) is 0 Å². The Kier molecular flexibility index (Phi) is 2.28. The summed E-state index contributed by atoms with van der Waals surface area (Å²) >= 11 is 0. The molecule has 0 spiro atoms. The number of rotatable bonds is 1. The predicted molar refractivity (Wildman–Crippen MR) is 47.6 cm³/mol. The second-order valence-corrected chi connectivity index (χ2v) is 3.54. The van der Waals surface area contributed by atoms with Crippen LogP contribution in [0.5, 0.6) is 0 Å². The number of carbonyl (C=O) groups is 2. The molecule has 4 heteroatoms. The first-order valence-corrected chi connectivity index (χ1v) is 4.01. The highest BCUT2D eigenvalue weighted by atomic mass is 16.2. The van der Waals surface area contributed by atoms with Crippen molar-refractivity contribution in [3.8, 4) is 12.3 Å². The highest BCUT2D eigenvalue weighted by Crippen LogP contribution is 2.12. The van der Waals surface area contributed by atoms with Gasteiger partial charge >= 0.3 is 0 Å². The molecule has 1 N–H and O–H groups in total. The molecular formula is C9H12N2O2. The van der Waals surface area contributed by atoms with Crippen LogP contribution in [0.15, 0.2) is 0 Å². The number of terminal acetylenes is 1. The van der Waals surface area contributed by atoms with Crippen LogP contribution in [0.4, 0.5) is 0 Å². The summed E-state index contributed by atoms with van der Waals surface area (Å²) in [6, 6.07) is 0. The molecule has 1 aliphatic rings. The van der Waals surface area contributed by atoms with Crippen LogP contribution in [0.25, 0.3) is 0 Å². The third-order valence-corrected chi connectivity index (χ3v) is 1.89. The van der Waals surface area contributed by atoms with Gasteiger partial charge in [-0.15, -0.1) is 6.42 Å². The topological polar surface area (TPSA) is 49.4 Å². The smallest absolute Gasteiger partial charge is 0.249 e. The number of hydrogen-bond acceptors (Lipinski definition) is 2. The van der Waals surface area contributed by atoms with E-state index >= 15 is 0 Å². The van der Waals surface area contributed by atoms with Gasteiger partial charge in [0.15, 0.2) is 0 Å². The van der Waals surface area contributed by atoms with Gasteiger partial charge in [-0.1, -0.05) is 5.92 Å². The van der Waals surface area contributed by atoms with Gasteiger partial charge in [0.05, 0.1) is 6.54 Å². The van der Waals surface area contributed by atoms with Crippen LogP contribution in [-0.4, -0.2) is 35.3 Å². The molecule has 0 aromatic carbocycles. The summed E-state index contributed by atoms with van der Waals surface area (Å²) in [4.78, 5) is 24.1. The Labute approximate surface area is 77.3 Å². The second kappa shape index (κ2) is 3.09. The summed E-state index contributed by atoms with van der Waals surface area (Å²) in [6.07, 6.45) is 5.08. The number of piperazine rings is 1. The largest absolute Gasteiger partial charge is 0.341 e. The molecule has 70 valence electrons. The number of amides is 2. The molecule has 2 amide bonds. The van der Waals surface area contributed by atoms with Gasteiger partial charge in [0.1, 0.15) is 12.1 Å². The van der Waals surface area contributed by atoms with Crippen LogP contribution in [0.1, 0.15) is 13.8 Å². The predicted octanol–water partition coefficient (Wildman–Crippen LogP) is -0.643. The lowest BCUT2D eigenvalue weighted by Crippen LogP contribution is -2.63. The van der Waals surface area contributed by atoms with Crippen molar-refractivity contribution in [1.29, 1.82) is 0 Å². The van der Waals surface area contributed by atoms with E-state index in [0.29, 0.717) is 0 Å². The molecule has 0 aromatic rings. The Morgan fingerprint density at radius 1 is 1.62 bits per heavy atom. The van der Waals surface area contributed by atoms with Crippen LogP contribution in [0.2, 0.25) is 0 Å². The van der Waals surface area contributed by atoms with E-state index in [1.165, 1.54) is 4.90 Å². The molecule has 1 saturated heterocycles. The molecule has 0 radical (unpaired) electrons. The summed E-state index contributed by atoms with van der Waals surface area (Å²) in [5.74, 6) is 2.05. The standard InChI is InChI=1S/C9H12N2O2/c1-4-5-11-6-7(12)10-9(2,3)8(11)13/h1H,5-6H2,2-3H3,(H,10,12). The fraction of sp³-hybridized carbons (Fsp3) is 0.556. The monoisotopic (exact) mass is 180 g/mol. The quantitative estimate of drug-likeness (QED) is 0.545. The van der Waals surface area contributed by atoms with Crippen molar-refractivity contribution in [2.75, 3.05) is 13.1 Å². The number of carbonyl (C=O) groups excluding carboxylic acids is 2. The Bertz CT molecular complexity index is 288. The summed E-state index contributed by atoms with van der Waals surface area (Å²) in [6.45, 7) is 3.58. The summed E-state index contributed by atoms with van der Waals surface area (Å²) < 4.78 is 0. The minimum absolute atomic E-state index is 0.0620. The molecule has 13 heavy (non-hydrogen) atoms. The fourth-order valence-electron chi connectivity index (χ4n) is 1.32. The number of hydrogen-bond donors (Lipinski definition) is 1. The number of nitrogens with zero attached hydrogens (tertiary/aromatic N) is 1. The first-order valence-electron chi connectivity index (χ1n) is 4.01. The van der Waals surface area contributed by atoms with Gasteiger partial charge in [0.2, 0.25) is 11.8 Å². The lowest BCUT2D eigenvalue weighted by molar-refractivity contribution is -0.147. The lowest BCUT2D eigenvalue weighted by atomic mass is 10.0. The van der Waals surface area contributed by atoms with E-state index in [1.54, 1.807) is 13.8 Å². The molecule has 0 aromatic heterocycles. The molecule has 0 unspecified atom stereocenters.